The van der Waals surface area contributed by atoms with E-state index in [4.69, 9.17) is 23.2 Å². The van der Waals surface area contributed by atoms with Gasteiger partial charge >= 0.3 is 0 Å². The topological polar surface area (TPSA) is 54.0 Å². The second-order valence-electron chi connectivity index (χ2n) is 6.82. The first kappa shape index (κ1) is 17.3. The normalized spacial score (nSPS) is 25.1. The van der Waals surface area contributed by atoms with Crippen LogP contribution in [0.3, 0.4) is 0 Å². The molecular formula is C18H19Cl2N3OS. The molecule has 1 amide bonds. The summed E-state index contributed by atoms with van der Waals surface area (Å²) in [6, 6.07) is 6.79. The van der Waals surface area contributed by atoms with Gasteiger partial charge < -0.3 is 10.6 Å². The van der Waals surface area contributed by atoms with Crippen molar-refractivity contribution in [3.63, 3.8) is 0 Å². The Kier molecular flexibility index (Phi) is 5.00. The van der Waals surface area contributed by atoms with Crippen LogP contribution in [-0.2, 0) is 11.2 Å². The molecule has 2 aromatic rings. The predicted molar refractivity (Wildman–Crippen MR) is 102 cm³/mol. The fourth-order valence-electron chi connectivity index (χ4n) is 3.79. The third kappa shape index (κ3) is 4.00. The number of aromatic nitrogens is 1. The van der Waals surface area contributed by atoms with Crippen molar-refractivity contribution < 1.29 is 4.79 Å². The number of halogens is 2. The van der Waals surface area contributed by atoms with Crippen LogP contribution in [0.1, 0.15) is 31.4 Å². The number of nitrogens with zero attached hydrogens (tertiary/aromatic N) is 1. The number of benzene rings is 1. The Morgan fingerprint density at radius 2 is 2.04 bits per heavy atom. The number of thiazole rings is 1. The molecule has 4 rings (SSSR count). The summed E-state index contributed by atoms with van der Waals surface area (Å²) in [5.41, 5.74) is 1.62. The Bertz CT molecular complexity index is 782. The van der Waals surface area contributed by atoms with E-state index in [0.29, 0.717) is 28.5 Å². The highest BCUT2D eigenvalue weighted by molar-refractivity contribution is 7.13. The molecule has 25 heavy (non-hydrogen) atoms. The minimum Gasteiger partial charge on any atom is -0.353 e. The zero-order chi connectivity index (χ0) is 17.4. The van der Waals surface area contributed by atoms with E-state index in [9.17, 15) is 4.79 Å². The molecular weight excluding hydrogens is 377 g/mol. The van der Waals surface area contributed by atoms with E-state index in [-0.39, 0.29) is 11.9 Å². The van der Waals surface area contributed by atoms with E-state index in [2.05, 4.69) is 15.6 Å². The van der Waals surface area contributed by atoms with Crippen LogP contribution < -0.4 is 10.6 Å². The third-order valence-corrected chi connectivity index (χ3v) is 6.37. The van der Waals surface area contributed by atoms with Crippen molar-refractivity contribution in [2.75, 3.05) is 0 Å². The number of hydrogen-bond donors (Lipinski definition) is 2. The molecule has 2 atom stereocenters. The maximum atomic E-state index is 12.4. The Morgan fingerprint density at radius 1 is 1.28 bits per heavy atom. The zero-order valence-corrected chi connectivity index (χ0v) is 15.9. The van der Waals surface area contributed by atoms with Gasteiger partial charge in [-0.05, 0) is 43.9 Å². The molecule has 4 nitrogen and oxygen atoms in total. The Labute approximate surface area is 160 Å². The monoisotopic (exact) mass is 395 g/mol. The highest BCUT2D eigenvalue weighted by Crippen LogP contribution is 2.32. The number of nitrogens with one attached hydrogen (secondary N) is 2. The third-order valence-electron chi connectivity index (χ3n) is 4.89. The second-order valence-corrected chi connectivity index (χ2v) is 8.52. The number of fused-ring (bicyclic) bond motifs is 2. The van der Waals surface area contributed by atoms with Crippen molar-refractivity contribution in [3.05, 3.63) is 39.3 Å². The van der Waals surface area contributed by atoms with Crippen LogP contribution in [0.4, 0.5) is 0 Å². The number of carbonyl (C=O) groups excluding carboxylic acids is 1. The zero-order valence-electron chi connectivity index (χ0n) is 13.6. The summed E-state index contributed by atoms with van der Waals surface area (Å²) in [6.07, 6.45) is 4.83. The van der Waals surface area contributed by atoms with Gasteiger partial charge in [-0.3, -0.25) is 4.79 Å². The molecule has 1 aromatic heterocycles. The van der Waals surface area contributed by atoms with Gasteiger partial charge in [0.25, 0.3) is 0 Å². The summed E-state index contributed by atoms with van der Waals surface area (Å²) in [4.78, 5) is 16.9. The molecule has 2 unspecified atom stereocenters. The largest absolute Gasteiger partial charge is 0.353 e. The van der Waals surface area contributed by atoms with Crippen LogP contribution in [-0.4, -0.2) is 29.0 Å². The van der Waals surface area contributed by atoms with E-state index >= 15 is 0 Å². The highest BCUT2D eigenvalue weighted by atomic mass is 35.5. The standard InChI is InChI=1S/C18H19Cl2N3OS/c19-10-1-4-15(16(20)5-10)18-23-14(9-25-18)8-17(24)22-13-6-11-2-3-12(7-13)21-11/h1,4-5,9,11-13,21H,2-3,6-8H2,(H,22,24). The van der Waals surface area contributed by atoms with Crippen molar-refractivity contribution in [2.24, 2.45) is 0 Å². The Hall–Kier alpha value is -1.14. The van der Waals surface area contributed by atoms with E-state index in [0.717, 1.165) is 29.1 Å². The lowest BCUT2D eigenvalue weighted by Crippen LogP contribution is -2.48. The molecule has 7 heteroatoms. The van der Waals surface area contributed by atoms with Crippen LogP contribution >= 0.6 is 34.5 Å². The summed E-state index contributed by atoms with van der Waals surface area (Å²) in [5.74, 6) is 0.0466. The van der Waals surface area contributed by atoms with Crippen molar-refractivity contribution in [1.82, 2.24) is 15.6 Å². The number of piperidine rings is 1. The van der Waals surface area contributed by atoms with Gasteiger partial charge in [-0.2, -0.15) is 0 Å². The molecule has 1 aromatic carbocycles. The first-order valence-corrected chi connectivity index (χ1v) is 10.2. The average molecular weight is 396 g/mol. The first-order valence-electron chi connectivity index (χ1n) is 8.52. The summed E-state index contributed by atoms with van der Waals surface area (Å²) < 4.78 is 0. The summed E-state index contributed by atoms with van der Waals surface area (Å²) >= 11 is 13.7. The van der Waals surface area contributed by atoms with Gasteiger partial charge in [-0.1, -0.05) is 23.2 Å². The molecule has 2 fully saturated rings. The van der Waals surface area contributed by atoms with Gasteiger partial charge in [-0.15, -0.1) is 11.3 Å². The number of carbonyl (C=O) groups is 1. The smallest absolute Gasteiger partial charge is 0.226 e. The van der Waals surface area contributed by atoms with Crippen molar-refractivity contribution in [2.45, 2.75) is 50.2 Å². The molecule has 2 saturated heterocycles. The van der Waals surface area contributed by atoms with Crippen molar-refractivity contribution in [3.8, 4) is 10.6 Å². The minimum atomic E-state index is 0.0466. The van der Waals surface area contributed by atoms with E-state index < -0.39 is 0 Å². The van der Waals surface area contributed by atoms with Crippen LogP contribution in [0, 0.1) is 0 Å². The van der Waals surface area contributed by atoms with Gasteiger partial charge in [0.2, 0.25) is 5.91 Å². The van der Waals surface area contributed by atoms with Gasteiger partial charge in [0.1, 0.15) is 5.01 Å². The van der Waals surface area contributed by atoms with Gasteiger partial charge in [0.05, 0.1) is 17.1 Å². The summed E-state index contributed by atoms with van der Waals surface area (Å²) in [5, 5.41) is 10.7. The van der Waals surface area contributed by atoms with Gasteiger partial charge in [0, 0.05) is 34.1 Å². The fraction of sp³-hybridized carbons (Fsp3) is 0.444. The van der Waals surface area contributed by atoms with E-state index in [1.165, 1.54) is 24.2 Å². The quantitative estimate of drug-likeness (QED) is 0.820. The minimum absolute atomic E-state index is 0.0466. The van der Waals surface area contributed by atoms with Crippen LogP contribution in [0.15, 0.2) is 23.6 Å². The van der Waals surface area contributed by atoms with Crippen LogP contribution in [0.2, 0.25) is 10.0 Å². The molecule has 2 N–H and O–H groups in total. The maximum absolute atomic E-state index is 12.4. The molecule has 132 valence electrons. The molecule has 3 heterocycles. The molecule has 0 radical (unpaired) electrons. The average Bonchev–Trinajstić information content (AvgIpc) is 3.14. The van der Waals surface area contributed by atoms with Gasteiger partial charge in [0.15, 0.2) is 0 Å². The Balaban J connectivity index is 1.38. The molecule has 2 aliphatic heterocycles. The molecule has 0 spiro atoms. The SMILES string of the molecule is O=C(Cc1csc(-c2ccc(Cl)cc2Cl)n1)NC1CC2CCC(C1)N2. The molecule has 0 aliphatic carbocycles. The summed E-state index contributed by atoms with van der Waals surface area (Å²) in [7, 11) is 0. The van der Waals surface area contributed by atoms with Gasteiger partial charge in [-0.25, -0.2) is 4.98 Å². The number of hydrogen-bond acceptors (Lipinski definition) is 4. The summed E-state index contributed by atoms with van der Waals surface area (Å²) in [6.45, 7) is 0. The number of amides is 1. The molecule has 0 saturated carbocycles. The number of rotatable bonds is 4. The lowest BCUT2D eigenvalue weighted by molar-refractivity contribution is -0.121. The second kappa shape index (κ2) is 7.23. The van der Waals surface area contributed by atoms with Crippen LogP contribution in [0.25, 0.3) is 10.6 Å². The van der Waals surface area contributed by atoms with E-state index in [1.54, 1.807) is 12.1 Å². The molecule has 2 aliphatic rings. The van der Waals surface area contributed by atoms with Crippen molar-refractivity contribution >= 4 is 40.4 Å². The van der Waals surface area contributed by atoms with Crippen molar-refractivity contribution in [1.29, 1.82) is 0 Å². The lowest BCUT2D eigenvalue weighted by Gasteiger charge is -2.29. The first-order chi connectivity index (χ1) is 12.1. The lowest BCUT2D eigenvalue weighted by atomic mass is 9.99. The predicted octanol–water partition coefficient (Wildman–Crippen LogP) is 4.06. The van der Waals surface area contributed by atoms with E-state index in [1.807, 2.05) is 11.4 Å². The Morgan fingerprint density at radius 3 is 2.76 bits per heavy atom. The highest BCUT2D eigenvalue weighted by Gasteiger charge is 2.33. The fourth-order valence-corrected chi connectivity index (χ4v) is 5.21. The maximum Gasteiger partial charge on any atom is 0.226 e. The van der Waals surface area contributed by atoms with Crippen LogP contribution in [0.5, 0.6) is 0 Å². The molecule has 2 bridgehead atoms.